The number of allylic oxidation sites excluding steroid dienone is 1. The fourth-order valence-corrected chi connectivity index (χ4v) is 3.41. The number of hydrogen-bond acceptors (Lipinski definition) is 3. The molecule has 0 aliphatic carbocycles. The highest BCUT2D eigenvalue weighted by molar-refractivity contribution is 8.17. The summed E-state index contributed by atoms with van der Waals surface area (Å²) in [5.74, 6) is 0. The largest absolute Gasteiger partial charge is 0.318 e. The van der Waals surface area contributed by atoms with Gasteiger partial charge in [0.05, 0.1) is 12.2 Å². The minimum absolute atomic E-state index is 0.827. The van der Waals surface area contributed by atoms with Crippen molar-refractivity contribution in [3.63, 3.8) is 0 Å². The van der Waals surface area contributed by atoms with Crippen molar-refractivity contribution in [1.29, 1.82) is 0 Å². The lowest BCUT2D eigenvalue weighted by molar-refractivity contribution is 0.647. The maximum Gasteiger partial charge on any atom is 0.168 e. The maximum atomic E-state index is 6.08. The molecule has 0 spiro atoms. The van der Waals surface area contributed by atoms with Crippen LogP contribution in [0.25, 0.3) is 5.70 Å². The summed E-state index contributed by atoms with van der Waals surface area (Å²) < 4.78 is 0. The average molecular weight is 265 g/mol. The fourth-order valence-electron chi connectivity index (χ4n) is 2.25. The zero-order chi connectivity index (χ0) is 12.0. The van der Waals surface area contributed by atoms with Gasteiger partial charge in [0.15, 0.2) is 5.17 Å². The molecule has 2 aliphatic heterocycles. The first-order valence-electron chi connectivity index (χ1n) is 5.64. The number of benzene rings is 1. The molecule has 0 aromatic heterocycles. The summed E-state index contributed by atoms with van der Waals surface area (Å²) in [5, 5.41) is 1.97. The Morgan fingerprint density at radius 3 is 2.94 bits per heavy atom. The van der Waals surface area contributed by atoms with E-state index in [1.807, 2.05) is 13.0 Å². The number of aliphatic imine (C=N–C) groups is 1. The van der Waals surface area contributed by atoms with Crippen LogP contribution in [0, 0.1) is 6.92 Å². The lowest BCUT2D eigenvalue weighted by atomic mass is 10.1. The Morgan fingerprint density at radius 1 is 1.35 bits per heavy atom. The van der Waals surface area contributed by atoms with Gasteiger partial charge in [-0.25, -0.2) is 0 Å². The van der Waals surface area contributed by atoms with E-state index in [0.717, 1.165) is 28.8 Å². The Kier molecular flexibility index (Phi) is 2.68. The van der Waals surface area contributed by atoms with Gasteiger partial charge in [-0.1, -0.05) is 29.4 Å². The first kappa shape index (κ1) is 11.2. The number of aryl methyl sites for hydroxylation is 1. The van der Waals surface area contributed by atoms with Crippen LogP contribution < -0.4 is 0 Å². The first-order chi connectivity index (χ1) is 8.16. The Labute approximate surface area is 110 Å². The van der Waals surface area contributed by atoms with Crippen molar-refractivity contribution < 1.29 is 0 Å². The number of fused-ring (bicyclic) bond motifs is 1. The Balaban J connectivity index is 2.06. The van der Waals surface area contributed by atoms with E-state index in [4.69, 9.17) is 11.6 Å². The van der Waals surface area contributed by atoms with Crippen LogP contribution in [0.15, 0.2) is 28.1 Å². The van der Waals surface area contributed by atoms with Gasteiger partial charge in [0.25, 0.3) is 0 Å². The van der Waals surface area contributed by atoms with Crippen molar-refractivity contribution in [2.75, 3.05) is 13.1 Å². The molecule has 1 aromatic rings. The van der Waals surface area contributed by atoms with Crippen LogP contribution in [0.3, 0.4) is 0 Å². The summed E-state index contributed by atoms with van der Waals surface area (Å²) in [5.41, 5.74) is 3.66. The molecule has 0 N–H and O–H groups in total. The van der Waals surface area contributed by atoms with Gasteiger partial charge in [-0.3, -0.25) is 4.99 Å². The molecule has 88 valence electrons. The topological polar surface area (TPSA) is 15.6 Å². The van der Waals surface area contributed by atoms with Crippen molar-refractivity contribution >= 4 is 34.2 Å². The molecule has 1 aromatic carbocycles. The lowest BCUT2D eigenvalue weighted by Gasteiger charge is -2.17. The molecule has 0 fully saturated rings. The third-order valence-electron chi connectivity index (χ3n) is 3.08. The molecule has 0 amide bonds. The van der Waals surface area contributed by atoms with Gasteiger partial charge in [-0.15, -0.1) is 0 Å². The molecule has 2 nitrogen and oxygen atoms in total. The van der Waals surface area contributed by atoms with Crippen LogP contribution in [0.5, 0.6) is 0 Å². The van der Waals surface area contributed by atoms with Gasteiger partial charge in [0.2, 0.25) is 0 Å². The van der Waals surface area contributed by atoms with Gasteiger partial charge < -0.3 is 4.90 Å². The van der Waals surface area contributed by atoms with Crippen LogP contribution in [-0.4, -0.2) is 23.2 Å². The number of amidine groups is 1. The molecule has 0 unspecified atom stereocenters. The average Bonchev–Trinajstić information content (AvgIpc) is 2.82. The molecule has 2 heterocycles. The molecule has 0 radical (unpaired) electrons. The van der Waals surface area contributed by atoms with Gasteiger partial charge >= 0.3 is 0 Å². The number of hydrogen-bond donors (Lipinski definition) is 0. The van der Waals surface area contributed by atoms with E-state index in [-0.39, 0.29) is 0 Å². The molecule has 3 rings (SSSR count). The van der Waals surface area contributed by atoms with Crippen molar-refractivity contribution in [3.05, 3.63) is 39.3 Å². The van der Waals surface area contributed by atoms with E-state index in [9.17, 15) is 0 Å². The highest BCUT2D eigenvalue weighted by Crippen LogP contribution is 2.41. The zero-order valence-electron chi connectivity index (χ0n) is 9.83. The smallest absolute Gasteiger partial charge is 0.168 e. The van der Waals surface area contributed by atoms with Crippen molar-refractivity contribution in [2.45, 2.75) is 13.8 Å². The molecule has 0 bridgehead atoms. The fraction of sp³-hybridized carbons (Fsp3) is 0.308. The monoisotopic (exact) mass is 264 g/mol. The number of nitrogens with zero attached hydrogens (tertiary/aromatic N) is 2. The molecule has 0 atom stereocenters. The number of thioether (sulfide) groups is 1. The zero-order valence-corrected chi connectivity index (χ0v) is 11.4. The molecule has 2 aliphatic rings. The summed E-state index contributed by atoms with van der Waals surface area (Å²) in [6.45, 7) is 6.11. The second-order valence-electron chi connectivity index (χ2n) is 4.29. The molecular weight excluding hydrogens is 252 g/mol. The molecule has 17 heavy (non-hydrogen) atoms. The third-order valence-corrected chi connectivity index (χ3v) is 4.54. The van der Waals surface area contributed by atoms with E-state index < -0.39 is 0 Å². The predicted molar refractivity (Wildman–Crippen MR) is 75.4 cm³/mol. The van der Waals surface area contributed by atoms with Crippen LogP contribution in [0.1, 0.15) is 18.1 Å². The minimum Gasteiger partial charge on any atom is -0.318 e. The van der Waals surface area contributed by atoms with Crippen LogP contribution in [0.4, 0.5) is 0 Å². The molecular formula is C13H13ClN2S. The van der Waals surface area contributed by atoms with Gasteiger partial charge in [-0.05, 0) is 37.1 Å². The van der Waals surface area contributed by atoms with Crippen LogP contribution in [-0.2, 0) is 0 Å². The highest BCUT2D eigenvalue weighted by atomic mass is 35.5. The summed E-state index contributed by atoms with van der Waals surface area (Å²) in [6, 6.07) is 6.22. The molecule has 0 saturated heterocycles. The van der Waals surface area contributed by atoms with E-state index in [0.29, 0.717) is 0 Å². The van der Waals surface area contributed by atoms with Crippen molar-refractivity contribution in [1.82, 2.24) is 4.90 Å². The van der Waals surface area contributed by atoms with Crippen LogP contribution in [0.2, 0.25) is 5.02 Å². The van der Waals surface area contributed by atoms with Crippen molar-refractivity contribution in [2.24, 2.45) is 4.99 Å². The summed E-state index contributed by atoms with van der Waals surface area (Å²) in [7, 11) is 0. The first-order valence-corrected chi connectivity index (χ1v) is 6.83. The van der Waals surface area contributed by atoms with Crippen molar-refractivity contribution in [3.8, 4) is 0 Å². The summed E-state index contributed by atoms with van der Waals surface area (Å²) >= 11 is 7.85. The lowest BCUT2D eigenvalue weighted by Crippen LogP contribution is -2.20. The van der Waals surface area contributed by atoms with Gasteiger partial charge in [0, 0.05) is 16.5 Å². The summed E-state index contributed by atoms with van der Waals surface area (Å²) in [4.78, 5) is 8.13. The van der Waals surface area contributed by atoms with E-state index >= 15 is 0 Å². The Bertz CT molecular complexity index is 548. The second-order valence-corrected chi connectivity index (χ2v) is 5.88. The van der Waals surface area contributed by atoms with Crippen LogP contribution >= 0.6 is 23.4 Å². The van der Waals surface area contributed by atoms with E-state index in [1.165, 1.54) is 16.2 Å². The SMILES string of the molecule is CC1=C(c2ccc(Cl)c(C)c2)N2CCN=C2S1. The highest BCUT2D eigenvalue weighted by Gasteiger charge is 2.30. The number of rotatable bonds is 1. The molecule has 4 heteroatoms. The standard InChI is InChI=1S/C13H13ClN2S/c1-8-7-10(3-4-11(8)14)12-9(2)17-13-15-5-6-16(12)13/h3-4,7H,5-6H2,1-2H3. The third kappa shape index (κ3) is 1.78. The quantitative estimate of drug-likeness (QED) is 0.768. The van der Waals surface area contributed by atoms with E-state index in [1.54, 1.807) is 11.8 Å². The second kappa shape index (κ2) is 4.07. The van der Waals surface area contributed by atoms with Gasteiger partial charge in [0.1, 0.15) is 0 Å². The Morgan fingerprint density at radius 2 is 2.18 bits per heavy atom. The normalized spacial score (nSPS) is 18.8. The Hall–Kier alpha value is -0.930. The molecule has 0 saturated carbocycles. The minimum atomic E-state index is 0.827. The van der Waals surface area contributed by atoms with Gasteiger partial charge in [-0.2, -0.15) is 0 Å². The maximum absolute atomic E-state index is 6.08. The predicted octanol–water partition coefficient (Wildman–Crippen LogP) is 3.76. The summed E-state index contributed by atoms with van der Waals surface area (Å²) in [6.07, 6.45) is 0. The van der Waals surface area contributed by atoms with E-state index in [2.05, 4.69) is 28.9 Å². The number of halogens is 1.